The first-order valence-corrected chi connectivity index (χ1v) is 8.45. The van der Waals surface area contributed by atoms with Crippen molar-refractivity contribution in [2.24, 2.45) is 0 Å². The summed E-state index contributed by atoms with van der Waals surface area (Å²) < 4.78 is 57.6. The molecule has 0 unspecified atom stereocenters. The number of carbonyl (C=O) groups is 1. The highest BCUT2D eigenvalue weighted by molar-refractivity contribution is 6.31. The average Bonchev–Trinajstić information content (AvgIpc) is 3.03. The van der Waals surface area contributed by atoms with Gasteiger partial charge in [0.15, 0.2) is 6.29 Å². The zero-order chi connectivity index (χ0) is 19.8. The van der Waals surface area contributed by atoms with Gasteiger partial charge in [-0.15, -0.1) is 0 Å². The third-order valence-corrected chi connectivity index (χ3v) is 4.87. The Morgan fingerprint density at radius 1 is 1.04 bits per heavy atom. The Hall–Kier alpha value is -1.80. The summed E-state index contributed by atoms with van der Waals surface area (Å²) in [5.41, 5.74) is -3.32. The van der Waals surface area contributed by atoms with E-state index in [1.54, 1.807) is 18.2 Å². The van der Waals surface area contributed by atoms with Crippen LogP contribution in [0.15, 0.2) is 48.5 Å². The summed E-state index contributed by atoms with van der Waals surface area (Å²) in [6.07, 6.45) is -8.60. The van der Waals surface area contributed by atoms with Gasteiger partial charge in [-0.3, -0.25) is 0 Å². The van der Waals surface area contributed by atoms with E-state index in [0.29, 0.717) is 0 Å². The van der Waals surface area contributed by atoms with Crippen molar-refractivity contribution in [3.8, 4) is 0 Å². The van der Waals surface area contributed by atoms with Crippen LogP contribution < -0.4 is 0 Å². The van der Waals surface area contributed by atoms with Crippen LogP contribution in [-0.2, 0) is 19.0 Å². The van der Waals surface area contributed by atoms with Gasteiger partial charge < -0.3 is 14.2 Å². The van der Waals surface area contributed by atoms with E-state index in [2.05, 4.69) is 4.74 Å². The lowest BCUT2D eigenvalue weighted by atomic mass is 9.90. The summed E-state index contributed by atoms with van der Waals surface area (Å²) in [5, 5.41) is 0.117. The van der Waals surface area contributed by atoms with E-state index in [-0.39, 0.29) is 21.2 Å². The average molecular weight is 421 g/mol. The fourth-order valence-electron chi connectivity index (χ4n) is 2.90. The third kappa shape index (κ3) is 3.29. The molecule has 0 amide bonds. The van der Waals surface area contributed by atoms with Gasteiger partial charge in [0.25, 0.3) is 5.60 Å². The van der Waals surface area contributed by atoms with Crippen molar-refractivity contribution in [2.45, 2.75) is 24.2 Å². The quantitative estimate of drug-likeness (QED) is 0.635. The molecular formula is C18H13Cl2F3O4. The second kappa shape index (κ2) is 7.31. The molecule has 1 heterocycles. The van der Waals surface area contributed by atoms with Crippen LogP contribution in [0.4, 0.5) is 13.2 Å². The van der Waals surface area contributed by atoms with Crippen molar-refractivity contribution in [2.75, 3.05) is 7.11 Å². The van der Waals surface area contributed by atoms with Crippen LogP contribution in [0.3, 0.4) is 0 Å². The monoisotopic (exact) mass is 420 g/mol. The fraction of sp³-hybridized carbons (Fsp3) is 0.278. The first-order chi connectivity index (χ1) is 12.7. The molecule has 0 radical (unpaired) electrons. The topological polar surface area (TPSA) is 44.8 Å². The highest BCUT2D eigenvalue weighted by atomic mass is 35.5. The number of hydrogen-bond donors (Lipinski definition) is 0. The number of esters is 1. The molecule has 0 bridgehead atoms. The molecule has 0 aromatic heterocycles. The predicted octanol–water partition coefficient (Wildman–Crippen LogP) is 5.25. The van der Waals surface area contributed by atoms with Crippen LogP contribution in [0.25, 0.3) is 0 Å². The minimum absolute atomic E-state index is 0.0107. The summed E-state index contributed by atoms with van der Waals surface area (Å²) in [6, 6.07) is 11.8. The summed E-state index contributed by atoms with van der Waals surface area (Å²) in [6.45, 7) is 0. The summed E-state index contributed by atoms with van der Waals surface area (Å²) >= 11 is 12.1. The Morgan fingerprint density at radius 2 is 1.56 bits per heavy atom. The number of alkyl halides is 3. The fourth-order valence-corrected chi connectivity index (χ4v) is 3.36. The Morgan fingerprint density at radius 3 is 2.04 bits per heavy atom. The van der Waals surface area contributed by atoms with Gasteiger partial charge in [0.05, 0.1) is 7.11 Å². The Labute approximate surface area is 162 Å². The highest BCUT2D eigenvalue weighted by Gasteiger charge is 2.73. The standard InChI is InChI=1S/C18H13Cl2F3O4/c1-25-16(24)17(18(21,22)23)14(10-6-2-4-8-12(10)19)26-15(27-17)11-7-3-5-9-13(11)20/h2-9,14-15H,1H3/t14-,15-,17+/m1/s1. The van der Waals surface area contributed by atoms with Crippen molar-refractivity contribution < 1.29 is 32.2 Å². The maximum absolute atomic E-state index is 14.1. The predicted molar refractivity (Wildman–Crippen MR) is 91.4 cm³/mol. The minimum Gasteiger partial charge on any atom is -0.467 e. The van der Waals surface area contributed by atoms with E-state index < -0.39 is 30.1 Å². The van der Waals surface area contributed by atoms with E-state index in [1.165, 1.54) is 30.3 Å². The summed E-state index contributed by atoms with van der Waals surface area (Å²) in [5.74, 6) is -1.64. The van der Waals surface area contributed by atoms with Gasteiger partial charge in [-0.05, 0) is 12.1 Å². The highest BCUT2D eigenvalue weighted by Crippen LogP contribution is 2.56. The van der Waals surface area contributed by atoms with Crippen LogP contribution in [-0.4, -0.2) is 24.9 Å². The molecule has 1 fully saturated rings. The largest absolute Gasteiger partial charge is 0.467 e. The number of methoxy groups -OCH3 is 1. The zero-order valence-electron chi connectivity index (χ0n) is 13.8. The van der Waals surface area contributed by atoms with E-state index in [1.807, 2.05) is 0 Å². The normalized spacial score (nSPS) is 25.4. The number of ether oxygens (including phenoxy) is 3. The van der Waals surface area contributed by atoms with Crippen LogP contribution in [0.5, 0.6) is 0 Å². The van der Waals surface area contributed by atoms with Gasteiger partial charge in [-0.25, -0.2) is 4.79 Å². The molecule has 3 rings (SSSR count). The van der Waals surface area contributed by atoms with E-state index in [0.717, 1.165) is 7.11 Å². The van der Waals surface area contributed by atoms with Crippen LogP contribution >= 0.6 is 23.2 Å². The molecule has 1 aliphatic rings. The number of carbonyl (C=O) groups excluding carboxylic acids is 1. The molecule has 1 saturated heterocycles. The number of rotatable bonds is 3. The molecule has 0 N–H and O–H groups in total. The van der Waals surface area contributed by atoms with Crippen LogP contribution in [0.1, 0.15) is 23.5 Å². The lowest BCUT2D eigenvalue weighted by Crippen LogP contribution is -2.56. The van der Waals surface area contributed by atoms with Gasteiger partial charge in [-0.1, -0.05) is 59.6 Å². The van der Waals surface area contributed by atoms with Gasteiger partial charge in [0.2, 0.25) is 0 Å². The van der Waals surface area contributed by atoms with Gasteiger partial charge in [-0.2, -0.15) is 13.2 Å². The zero-order valence-corrected chi connectivity index (χ0v) is 15.3. The number of benzene rings is 2. The molecular weight excluding hydrogens is 408 g/mol. The van der Waals surface area contributed by atoms with E-state index in [4.69, 9.17) is 32.7 Å². The van der Waals surface area contributed by atoms with Crippen LogP contribution in [0, 0.1) is 0 Å². The minimum atomic E-state index is -5.15. The molecule has 3 atom stereocenters. The summed E-state index contributed by atoms with van der Waals surface area (Å²) in [7, 11) is 0.839. The Kier molecular flexibility index (Phi) is 5.40. The van der Waals surface area contributed by atoms with Crippen LogP contribution in [0.2, 0.25) is 10.0 Å². The maximum Gasteiger partial charge on any atom is 0.431 e. The van der Waals surface area contributed by atoms with Crippen molar-refractivity contribution in [3.63, 3.8) is 0 Å². The SMILES string of the molecule is COC(=O)[C@@]1(C(F)(F)F)O[C@H](c2ccccc2Cl)O[C@@H]1c1ccccc1Cl. The number of halogens is 5. The Balaban J connectivity index is 2.19. The van der Waals surface area contributed by atoms with Gasteiger partial charge in [0, 0.05) is 21.2 Å². The molecule has 4 nitrogen and oxygen atoms in total. The molecule has 2 aromatic carbocycles. The molecule has 0 spiro atoms. The second-order valence-corrected chi connectivity index (χ2v) is 6.55. The molecule has 27 heavy (non-hydrogen) atoms. The van der Waals surface area contributed by atoms with E-state index in [9.17, 15) is 18.0 Å². The van der Waals surface area contributed by atoms with Crippen molar-refractivity contribution in [1.82, 2.24) is 0 Å². The van der Waals surface area contributed by atoms with Crippen molar-refractivity contribution >= 4 is 29.2 Å². The Bertz CT molecular complexity index is 858. The van der Waals surface area contributed by atoms with Crippen molar-refractivity contribution in [1.29, 1.82) is 0 Å². The van der Waals surface area contributed by atoms with E-state index >= 15 is 0 Å². The number of hydrogen-bond acceptors (Lipinski definition) is 4. The van der Waals surface area contributed by atoms with Gasteiger partial charge >= 0.3 is 12.1 Å². The third-order valence-electron chi connectivity index (χ3n) is 4.18. The molecule has 0 aliphatic carbocycles. The maximum atomic E-state index is 14.1. The first-order valence-electron chi connectivity index (χ1n) is 7.69. The molecule has 144 valence electrons. The smallest absolute Gasteiger partial charge is 0.431 e. The van der Waals surface area contributed by atoms with Gasteiger partial charge in [0.1, 0.15) is 6.10 Å². The van der Waals surface area contributed by atoms with Crippen molar-refractivity contribution in [3.05, 3.63) is 69.7 Å². The molecule has 2 aromatic rings. The molecule has 9 heteroatoms. The lowest BCUT2D eigenvalue weighted by molar-refractivity contribution is -0.275. The molecule has 0 saturated carbocycles. The first kappa shape index (κ1) is 19.9. The lowest BCUT2D eigenvalue weighted by Gasteiger charge is -2.32. The summed E-state index contributed by atoms with van der Waals surface area (Å²) in [4.78, 5) is 12.3. The molecule has 1 aliphatic heterocycles. The second-order valence-electron chi connectivity index (χ2n) is 5.73.